The molecular weight excluding hydrogens is 196 g/mol. The minimum absolute atomic E-state index is 0.364. The molecule has 3 rings (SSSR count). The van der Waals surface area contributed by atoms with Crippen LogP contribution in [0, 0.1) is 29.6 Å². The van der Waals surface area contributed by atoms with Crippen LogP contribution in [0.3, 0.4) is 0 Å². The van der Waals surface area contributed by atoms with Crippen molar-refractivity contribution in [3.8, 4) is 0 Å². The first-order valence-corrected chi connectivity index (χ1v) is 6.98. The van der Waals surface area contributed by atoms with Crippen LogP contribution < -0.4 is 0 Å². The van der Waals surface area contributed by atoms with E-state index in [1.165, 1.54) is 25.7 Å². The Kier molecular flexibility index (Phi) is 2.65. The van der Waals surface area contributed by atoms with Crippen molar-refractivity contribution in [2.45, 2.75) is 45.4 Å². The minimum Gasteiger partial charge on any atom is -0.299 e. The summed E-state index contributed by atoms with van der Waals surface area (Å²) in [4.78, 5) is 12.3. The lowest BCUT2D eigenvalue weighted by molar-refractivity contribution is -0.127. The van der Waals surface area contributed by atoms with Crippen LogP contribution >= 0.6 is 0 Å². The number of hydrogen-bond acceptors (Lipinski definition) is 1. The molecule has 0 unspecified atom stereocenters. The first-order valence-electron chi connectivity index (χ1n) is 6.98. The summed E-state index contributed by atoms with van der Waals surface area (Å²) < 4.78 is 0. The predicted molar refractivity (Wildman–Crippen MR) is 65.0 cm³/mol. The summed E-state index contributed by atoms with van der Waals surface area (Å²) in [5, 5.41) is 0. The van der Waals surface area contributed by atoms with Gasteiger partial charge in [-0.05, 0) is 42.9 Å². The smallest absolute Gasteiger partial charge is 0.136 e. The van der Waals surface area contributed by atoms with Gasteiger partial charge in [0.05, 0.1) is 0 Å². The summed E-state index contributed by atoms with van der Waals surface area (Å²) in [7, 11) is 0. The van der Waals surface area contributed by atoms with Crippen LogP contribution in [0.25, 0.3) is 0 Å². The summed E-state index contributed by atoms with van der Waals surface area (Å²) in [5.41, 5.74) is 0. The standard InChI is InChI=1S/C15H22O/c1-10-8-9-12-5-2-4-11-6-3-7-13(16)14(10)15(11)12/h8-12,14-15H,2-7H2,1H3/t10-,11+,12+,14-,15+/m0/s1. The monoisotopic (exact) mass is 218 g/mol. The molecule has 0 aromatic rings. The van der Waals surface area contributed by atoms with E-state index in [-0.39, 0.29) is 0 Å². The van der Waals surface area contributed by atoms with Crippen molar-refractivity contribution < 1.29 is 4.79 Å². The van der Waals surface area contributed by atoms with Crippen LogP contribution in [0.4, 0.5) is 0 Å². The molecule has 16 heavy (non-hydrogen) atoms. The SMILES string of the molecule is C[C@H]1C=C[C@H]2CCC[C@@H]3CCCC(=O)[C@H]1[C@H]32. The Labute approximate surface area is 98.3 Å². The van der Waals surface area contributed by atoms with E-state index >= 15 is 0 Å². The van der Waals surface area contributed by atoms with E-state index in [4.69, 9.17) is 0 Å². The summed E-state index contributed by atoms with van der Waals surface area (Å²) >= 11 is 0. The Morgan fingerprint density at radius 1 is 1.12 bits per heavy atom. The zero-order valence-corrected chi connectivity index (χ0v) is 10.2. The summed E-state index contributed by atoms with van der Waals surface area (Å²) in [6, 6.07) is 0. The molecule has 3 aliphatic rings. The zero-order chi connectivity index (χ0) is 11.1. The number of hydrogen-bond donors (Lipinski definition) is 0. The topological polar surface area (TPSA) is 17.1 Å². The summed E-state index contributed by atoms with van der Waals surface area (Å²) in [6.07, 6.45) is 12.1. The molecule has 3 aliphatic carbocycles. The molecule has 0 aliphatic heterocycles. The molecule has 2 fully saturated rings. The quantitative estimate of drug-likeness (QED) is 0.568. The second-order valence-corrected chi connectivity index (χ2v) is 6.06. The molecule has 5 atom stereocenters. The zero-order valence-electron chi connectivity index (χ0n) is 10.2. The Hall–Kier alpha value is -0.590. The highest BCUT2D eigenvalue weighted by Crippen LogP contribution is 2.49. The van der Waals surface area contributed by atoms with Crippen LogP contribution in [-0.4, -0.2) is 5.78 Å². The first kappa shape index (κ1) is 10.6. The van der Waals surface area contributed by atoms with Crippen LogP contribution in [0.2, 0.25) is 0 Å². The van der Waals surface area contributed by atoms with E-state index < -0.39 is 0 Å². The van der Waals surface area contributed by atoms with Crippen molar-refractivity contribution in [1.29, 1.82) is 0 Å². The molecule has 0 spiro atoms. The number of carbonyl (C=O) groups is 1. The van der Waals surface area contributed by atoms with Gasteiger partial charge in [0.25, 0.3) is 0 Å². The molecule has 1 heteroatoms. The van der Waals surface area contributed by atoms with Crippen molar-refractivity contribution in [2.75, 3.05) is 0 Å². The fraction of sp³-hybridized carbons (Fsp3) is 0.800. The molecule has 0 saturated heterocycles. The highest BCUT2D eigenvalue weighted by atomic mass is 16.1. The average Bonchev–Trinajstić information content (AvgIpc) is 2.45. The van der Waals surface area contributed by atoms with Gasteiger partial charge in [0.15, 0.2) is 0 Å². The maximum Gasteiger partial charge on any atom is 0.136 e. The normalized spacial score (nSPS) is 47.3. The molecular formula is C15H22O. The van der Waals surface area contributed by atoms with E-state index in [1.807, 2.05) is 0 Å². The van der Waals surface area contributed by atoms with Crippen molar-refractivity contribution in [3.05, 3.63) is 12.2 Å². The van der Waals surface area contributed by atoms with E-state index in [1.54, 1.807) is 0 Å². The molecule has 2 saturated carbocycles. The Morgan fingerprint density at radius 3 is 2.81 bits per heavy atom. The third-order valence-electron chi connectivity index (χ3n) is 5.16. The Balaban J connectivity index is 1.98. The maximum atomic E-state index is 12.3. The number of allylic oxidation sites excluding steroid dienone is 2. The van der Waals surface area contributed by atoms with Gasteiger partial charge in [-0.2, -0.15) is 0 Å². The lowest BCUT2D eigenvalue weighted by atomic mass is 9.60. The Morgan fingerprint density at radius 2 is 1.94 bits per heavy atom. The van der Waals surface area contributed by atoms with Gasteiger partial charge in [0, 0.05) is 12.3 Å². The van der Waals surface area contributed by atoms with E-state index in [0.29, 0.717) is 23.5 Å². The first-order chi connectivity index (χ1) is 7.77. The molecule has 0 radical (unpaired) electrons. The van der Waals surface area contributed by atoms with Gasteiger partial charge in [-0.3, -0.25) is 4.79 Å². The number of Topliss-reactive ketones (excluding diaryl/α,β-unsaturated/α-hetero) is 1. The third kappa shape index (κ3) is 1.56. The lowest BCUT2D eigenvalue weighted by Gasteiger charge is -2.44. The van der Waals surface area contributed by atoms with Gasteiger partial charge >= 0.3 is 0 Å². The number of ketones is 1. The van der Waals surface area contributed by atoms with E-state index in [2.05, 4.69) is 19.1 Å². The van der Waals surface area contributed by atoms with Crippen LogP contribution in [0.1, 0.15) is 45.4 Å². The van der Waals surface area contributed by atoms with Crippen molar-refractivity contribution in [1.82, 2.24) is 0 Å². The largest absolute Gasteiger partial charge is 0.299 e. The summed E-state index contributed by atoms with van der Waals surface area (Å²) in [6.45, 7) is 2.24. The van der Waals surface area contributed by atoms with Gasteiger partial charge < -0.3 is 0 Å². The van der Waals surface area contributed by atoms with Gasteiger partial charge in [-0.1, -0.05) is 31.9 Å². The van der Waals surface area contributed by atoms with Gasteiger partial charge in [-0.25, -0.2) is 0 Å². The third-order valence-corrected chi connectivity index (χ3v) is 5.16. The minimum atomic E-state index is 0.364. The molecule has 1 nitrogen and oxygen atoms in total. The molecule has 0 amide bonds. The molecule has 0 bridgehead atoms. The molecule has 0 aromatic heterocycles. The van der Waals surface area contributed by atoms with Gasteiger partial charge in [0.1, 0.15) is 5.78 Å². The second kappa shape index (κ2) is 4.01. The highest BCUT2D eigenvalue weighted by molar-refractivity contribution is 5.82. The fourth-order valence-electron chi connectivity index (χ4n) is 4.47. The van der Waals surface area contributed by atoms with Crippen LogP contribution in [0.5, 0.6) is 0 Å². The van der Waals surface area contributed by atoms with Crippen LogP contribution in [-0.2, 0) is 4.79 Å². The van der Waals surface area contributed by atoms with E-state index in [0.717, 1.165) is 24.7 Å². The maximum absolute atomic E-state index is 12.3. The predicted octanol–water partition coefficient (Wildman–Crippen LogP) is 3.59. The van der Waals surface area contributed by atoms with Gasteiger partial charge in [0.2, 0.25) is 0 Å². The molecule has 0 aromatic carbocycles. The lowest BCUT2D eigenvalue weighted by Crippen LogP contribution is -2.40. The van der Waals surface area contributed by atoms with E-state index in [9.17, 15) is 4.79 Å². The van der Waals surface area contributed by atoms with Crippen molar-refractivity contribution in [3.63, 3.8) is 0 Å². The number of rotatable bonds is 0. The second-order valence-electron chi connectivity index (χ2n) is 6.06. The van der Waals surface area contributed by atoms with Crippen LogP contribution in [0.15, 0.2) is 12.2 Å². The molecule has 0 heterocycles. The highest BCUT2D eigenvalue weighted by Gasteiger charge is 2.45. The fourth-order valence-corrected chi connectivity index (χ4v) is 4.47. The van der Waals surface area contributed by atoms with Gasteiger partial charge in [-0.15, -0.1) is 0 Å². The van der Waals surface area contributed by atoms with Crippen molar-refractivity contribution >= 4 is 5.78 Å². The Bertz CT molecular complexity index is 317. The molecule has 88 valence electrons. The summed E-state index contributed by atoms with van der Waals surface area (Å²) in [5.74, 6) is 3.69. The van der Waals surface area contributed by atoms with Crippen molar-refractivity contribution in [2.24, 2.45) is 29.6 Å². The average molecular weight is 218 g/mol. The number of carbonyl (C=O) groups excluding carboxylic acids is 1. The molecule has 0 N–H and O–H groups in total.